The van der Waals surface area contributed by atoms with Gasteiger partial charge < -0.3 is 30.3 Å². The van der Waals surface area contributed by atoms with Gasteiger partial charge >= 0.3 is 0 Å². The number of nitrogens with two attached hydrogens (primary N) is 1. The number of nitrogens with one attached hydrogen (secondary N) is 1. The Hall–Kier alpha value is -5.64. The van der Waals surface area contributed by atoms with Gasteiger partial charge in [0.1, 0.15) is 23.1 Å². The average Bonchev–Trinajstić information content (AvgIpc) is 3.50. The third-order valence-corrected chi connectivity index (χ3v) is 10.4. The van der Waals surface area contributed by atoms with Gasteiger partial charge in [-0.05, 0) is 87.1 Å². The minimum absolute atomic E-state index is 0.218. The number of imide groups is 1. The number of ether oxygens (including phenoxy) is 2. The molecule has 3 aliphatic heterocycles. The van der Waals surface area contributed by atoms with Crippen LogP contribution in [0.5, 0.6) is 11.5 Å². The maximum atomic E-state index is 13.5. The molecule has 0 unspecified atom stereocenters. The topological polar surface area (TPSA) is 137 Å². The van der Waals surface area contributed by atoms with Crippen LogP contribution in [0.2, 0.25) is 0 Å². The molecule has 15 heteroatoms. The minimum atomic E-state index is -0.455. The van der Waals surface area contributed by atoms with Gasteiger partial charge in [-0.15, -0.1) is 0 Å². The molecule has 4 heterocycles. The van der Waals surface area contributed by atoms with Crippen LogP contribution in [0.25, 0.3) is 0 Å². The van der Waals surface area contributed by atoms with Gasteiger partial charge in [-0.1, -0.05) is 0 Å². The van der Waals surface area contributed by atoms with Crippen molar-refractivity contribution in [2.24, 2.45) is 5.73 Å². The fourth-order valence-corrected chi connectivity index (χ4v) is 7.28. The molecule has 2 saturated heterocycles. The number of aromatic nitrogens is 1. The summed E-state index contributed by atoms with van der Waals surface area (Å²) < 4.78 is 37.3. The number of amides is 3. The monoisotopic (exact) mass is 784 g/mol. The number of carbonyl (C=O) groups excluding carboxylic acids is 3. The highest BCUT2D eigenvalue weighted by Crippen LogP contribution is 2.32. The van der Waals surface area contributed by atoms with Gasteiger partial charge in [-0.2, -0.15) is 0 Å². The number of piperazine rings is 2. The molecule has 2 fully saturated rings. The SMILES string of the molecule is COc1cc(F)ccc1N1CCN(CCCN)CC1.COc1cc(F)ccc1N1CCN(CCCNC(=O)c2ccc3c(c2)C(=O)N(c2ccncc2)C3=O)CC1. The van der Waals surface area contributed by atoms with Crippen molar-refractivity contribution in [3.05, 3.63) is 107 Å². The molecular weight excluding hydrogens is 735 g/mol. The number of hydrogen-bond donors (Lipinski definition) is 2. The van der Waals surface area contributed by atoms with Crippen molar-refractivity contribution in [1.29, 1.82) is 0 Å². The molecule has 302 valence electrons. The fraction of sp³-hybridized carbons (Fsp3) is 0.381. The highest BCUT2D eigenvalue weighted by atomic mass is 19.1. The molecule has 0 aliphatic carbocycles. The fourth-order valence-electron chi connectivity index (χ4n) is 7.28. The predicted molar refractivity (Wildman–Crippen MR) is 216 cm³/mol. The number of methoxy groups -OCH3 is 2. The smallest absolute Gasteiger partial charge is 0.266 e. The van der Waals surface area contributed by atoms with Crippen molar-refractivity contribution in [2.75, 3.05) is 107 Å². The van der Waals surface area contributed by atoms with Gasteiger partial charge in [0, 0.05) is 89.0 Å². The summed E-state index contributed by atoms with van der Waals surface area (Å²) in [5, 5.41) is 2.91. The second-order valence-electron chi connectivity index (χ2n) is 14.0. The van der Waals surface area contributed by atoms with Crippen molar-refractivity contribution in [3.63, 3.8) is 0 Å². The molecule has 3 aromatic carbocycles. The Morgan fingerprint density at radius 2 is 1.23 bits per heavy atom. The summed E-state index contributed by atoms with van der Waals surface area (Å²) in [6.07, 6.45) is 4.84. The zero-order valence-corrected chi connectivity index (χ0v) is 32.5. The summed E-state index contributed by atoms with van der Waals surface area (Å²) in [5.74, 6) is -0.604. The Morgan fingerprint density at radius 1 is 0.702 bits per heavy atom. The summed E-state index contributed by atoms with van der Waals surface area (Å²) in [6, 6.07) is 17.1. The summed E-state index contributed by atoms with van der Waals surface area (Å²) >= 11 is 0. The molecule has 0 bridgehead atoms. The molecule has 0 atom stereocenters. The van der Waals surface area contributed by atoms with Crippen LogP contribution < -0.4 is 35.2 Å². The summed E-state index contributed by atoms with van der Waals surface area (Å²) in [6.45, 7) is 10.3. The maximum Gasteiger partial charge on any atom is 0.266 e. The molecule has 7 rings (SSSR count). The normalized spacial score (nSPS) is 15.9. The first-order chi connectivity index (χ1) is 27.7. The zero-order valence-electron chi connectivity index (χ0n) is 32.5. The van der Waals surface area contributed by atoms with E-state index >= 15 is 0 Å². The van der Waals surface area contributed by atoms with Crippen LogP contribution >= 0.6 is 0 Å². The van der Waals surface area contributed by atoms with E-state index in [1.54, 1.807) is 44.6 Å². The molecule has 4 aromatic rings. The van der Waals surface area contributed by atoms with Crippen LogP contribution in [0.4, 0.5) is 25.8 Å². The molecule has 3 aliphatic rings. The maximum absolute atomic E-state index is 13.5. The number of carbonyl (C=O) groups is 3. The number of hydrogen-bond acceptors (Lipinski definition) is 11. The second kappa shape index (κ2) is 19.5. The van der Waals surface area contributed by atoms with Crippen LogP contribution in [0.1, 0.15) is 43.9 Å². The predicted octanol–water partition coefficient (Wildman–Crippen LogP) is 4.28. The van der Waals surface area contributed by atoms with Crippen molar-refractivity contribution in [1.82, 2.24) is 20.1 Å². The molecule has 0 saturated carbocycles. The number of anilines is 3. The largest absolute Gasteiger partial charge is 0.494 e. The highest BCUT2D eigenvalue weighted by molar-refractivity contribution is 6.34. The summed E-state index contributed by atoms with van der Waals surface area (Å²) in [7, 11) is 3.12. The molecule has 0 spiro atoms. The number of benzene rings is 3. The Morgan fingerprint density at radius 3 is 1.75 bits per heavy atom. The van der Waals surface area contributed by atoms with E-state index in [1.807, 2.05) is 0 Å². The lowest BCUT2D eigenvalue weighted by molar-refractivity contribution is 0.0923. The third-order valence-electron chi connectivity index (χ3n) is 10.4. The molecular formula is C42H50F2N8O5. The number of pyridine rings is 1. The number of rotatable bonds is 13. The van der Waals surface area contributed by atoms with Crippen LogP contribution in [0, 0.1) is 11.6 Å². The van der Waals surface area contributed by atoms with E-state index in [0.29, 0.717) is 29.3 Å². The van der Waals surface area contributed by atoms with Gasteiger partial charge in [-0.3, -0.25) is 29.2 Å². The van der Waals surface area contributed by atoms with Crippen molar-refractivity contribution < 1.29 is 32.6 Å². The van der Waals surface area contributed by atoms with Gasteiger partial charge in [0.05, 0.1) is 42.4 Å². The Balaban J connectivity index is 0.000000242. The van der Waals surface area contributed by atoms with E-state index in [1.165, 1.54) is 48.8 Å². The van der Waals surface area contributed by atoms with Crippen molar-refractivity contribution >= 4 is 34.8 Å². The molecule has 13 nitrogen and oxygen atoms in total. The summed E-state index contributed by atoms with van der Waals surface area (Å²) in [4.78, 5) is 52.6. The first-order valence-corrected chi connectivity index (χ1v) is 19.2. The lowest BCUT2D eigenvalue weighted by Gasteiger charge is -2.36. The zero-order chi connectivity index (χ0) is 40.3. The number of halogens is 2. The van der Waals surface area contributed by atoms with E-state index in [-0.39, 0.29) is 28.7 Å². The van der Waals surface area contributed by atoms with Gasteiger partial charge in [0.25, 0.3) is 17.7 Å². The molecule has 1 aromatic heterocycles. The number of nitrogens with zero attached hydrogens (tertiary/aromatic N) is 6. The lowest BCUT2D eigenvalue weighted by Crippen LogP contribution is -2.47. The van der Waals surface area contributed by atoms with E-state index in [9.17, 15) is 23.2 Å². The van der Waals surface area contributed by atoms with Gasteiger partial charge in [-0.25, -0.2) is 13.7 Å². The van der Waals surface area contributed by atoms with E-state index in [4.69, 9.17) is 15.2 Å². The Bertz CT molecular complexity index is 2010. The third kappa shape index (κ3) is 10.0. The first kappa shape index (κ1) is 41.0. The highest BCUT2D eigenvalue weighted by Gasteiger charge is 2.37. The average molecular weight is 785 g/mol. The molecule has 57 heavy (non-hydrogen) atoms. The second-order valence-corrected chi connectivity index (χ2v) is 14.0. The van der Waals surface area contributed by atoms with Gasteiger partial charge in [0.2, 0.25) is 0 Å². The minimum Gasteiger partial charge on any atom is -0.494 e. The molecule has 3 N–H and O–H groups in total. The van der Waals surface area contributed by atoms with E-state index in [0.717, 1.165) is 101 Å². The van der Waals surface area contributed by atoms with Crippen LogP contribution in [-0.4, -0.2) is 125 Å². The quantitative estimate of drug-likeness (QED) is 0.149. The molecule has 3 amide bonds. The Kier molecular flexibility index (Phi) is 14.0. The van der Waals surface area contributed by atoms with E-state index < -0.39 is 11.8 Å². The summed E-state index contributed by atoms with van der Waals surface area (Å²) in [5.41, 5.74) is 8.66. The van der Waals surface area contributed by atoms with Crippen LogP contribution in [0.3, 0.4) is 0 Å². The van der Waals surface area contributed by atoms with Crippen molar-refractivity contribution in [3.8, 4) is 11.5 Å². The first-order valence-electron chi connectivity index (χ1n) is 19.2. The van der Waals surface area contributed by atoms with Crippen LogP contribution in [0.15, 0.2) is 79.1 Å². The Labute approximate surface area is 331 Å². The van der Waals surface area contributed by atoms with Crippen molar-refractivity contribution in [2.45, 2.75) is 12.8 Å². The van der Waals surface area contributed by atoms with E-state index in [2.05, 4.69) is 29.9 Å². The standard InChI is InChI=1S/C28H28FN5O4.C14H22FN3O/c1-38-25-18-20(29)4-6-24(25)33-15-13-32(14-16-33)12-2-9-31-26(35)19-3-5-22-23(17-19)28(37)34(27(22)36)21-7-10-30-11-8-21;1-19-14-11-12(15)3-4-13(14)18-9-7-17(8-10-18)6-2-5-16/h3-8,10-11,17-18H,2,9,12-16H2,1H3,(H,31,35);3-4,11H,2,5-10,16H2,1H3. The molecule has 0 radical (unpaired) electrons. The number of fused-ring (bicyclic) bond motifs is 1. The lowest BCUT2D eigenvalue weighted by atomic mass is 10.1. The van der Waals surface area contributed by atoms with Gasteiger partial charge in [0.15, 0.2) is 0 Å². The van der Waals surface area contributed by atoms with Crippen LogP contribution in [-0.2, 0) is 0 Å².